The van der Waals surface area contributed by atoms with Crippen molar-refractivity contribution in [2.75, 3.05) is 18.0 Å². The van der Waals surface area contributed by atoms with Crippen LogP contribution in [0.2, 0.25) is 5.02 Å². The zero-order valence-electron chi connectivity index (χ0n) is 13.3. The molecule has 0 saturated carbocycles. The molecule has 0 aliphatic heterocycles. The number of carbonyl (C=O) groups excluding carboxylic acids is 1. The van der Waals surface area contributed by atoms with Crippen molar-refractivity contribution in [1.29, 1.82) is 0 Å². The van der Waals surface area contributed by atoms with E-state index >= 15 is 0 Å². The summed E-state index contributed by atoms with van der Waals surface area (Å²) in [5.41, 5.74) is 4.98. The van der Waals surface area contributed by atoms with Crippen LogP contribution in [-0.4, -0.2) is 25.2 Å². The van der Waals surface area contributed by atoms with E-state index in [1.165, 1.54) is 5.69 Å². The van der Waals surface area contributed by atoms with Crippen molar-refractivity contribution in [2.45, 2.75) is 13.8 Å². The van der Waals surface area contributed by atoms with Gasteiger partial charge in [0, 0.05) is 18.8 Å². The van der Waals surface area contributed by atoms with Gasteiger partial charge in [-0.25, -0.2) is 5.43 Å². The summed E-state index contributed by atoms with van der Waals surface area (Å²) in [7, 11) is 0. The molecule has 5 heteroatoms. The lowest BCUT2D eigenvalue weighted by molar-refractivity contribution is 0.0955. The Hall–Kier alpha value is -2.33. The van der Waals surface area contributed by atoms with Gasteiger partial charge in [0.05, 0.1) is 16.8 Å². The lowest BCUT2D eigenvalue weighted by atomic mass is 10.2. The van der Waals surface area contributed by atoms with Gasteiger partial charge in [-0.1, -0.05) is 35.9 Å². The smallest absolute Gasteiger partial charge is 0.272 e. The number of rotatable bonds is 6. The van der Waals surface area contributed by atoms with Gasteiger partial charge in [-0.2, -0.15) is 5.10 Å². The Kier molecular flexibility index (Phi) is 6.18. The molecule has 0 saturated heterocycles. The molecular formula is C18H20ClN3O. The van der Waals surface area contributed by atoms with E-state index in [1.807, 2.05) is 24.3 Å². The third kappa shape index (κ3) is 4.57. The molecule has 0 bridgehead atoms. The molecule has 0 atom stereocenters. The van der Waals surface area contributed by atoms with Gasteiger partial charge >= 0.3 is 0 Å². The number of nitrogens with one attached hydrogen (secondary N) is 1. The van der Waals surface area contributed by atoms with Crippen LogP contribution in [0.5, 0.6) is 0 Å². The molecule has 2 aromatic carbocycles. The zero-order valence-corrected chi connectivity index (χ0v) is 14.0. The van der Waals surface area contributed by atoms with Crippen LogP contribution >= 0.6 is 11.6 Å². The molecule has 0 unspecified atom stereocenters. The predicted molar refractivity (Wildman–Crippen MR) is 96.5 cm³/mol. The molecule has 0 fully saturated rings. The SMILES string of the molecule is CCN(CC)c1ccc(C=NNC(=O)c2ccccc2Cl)cc1. The van der Waals surface area contributed by atoms with Crippen LogP contribution in [0.1, 0.15) is 29.8 Å². The van der Waals surface area contributed by atoms with E-state index < -0.39 is 0 Å². The van der Waals surface area contributed by atoms with E-state index in [2.05, 4.69) is 29.3 Å². The second-order valence-electron chi connectivity index (χ2n) is 4.94. The van der Waals surface area contributed by atoms with Crippen LogP contribution in [0.3, 0.4) is 0 Å². The molecule has 0 aromatic heterocycles. The fourth-order valence-corrected chi connectivity index (χ4v) is 2.45. The minimum absolute atomic E-state index is 0.327. The predicted octanol–water partition coefficient (Wildman–Crippen LogP) is 3.95. The van der Waals surface area contributed by atoms with Crippen molar-refractivity contribution in [3.8, 4) is 0 Å². The van der Waals surface area contributed by atoms with Gasteiger partial charge in [-0.05, 0) is 43.7 Å². The summed E-state index contributed by atoms with van der Waals surface area (Å²) in [4.78, 5) is 14.2. The quantitative estimate of drug-likeness (QED) is 0.644. The molecule has 0 heterocycles. The Labute approximate surface area is 141 Å². The maximum atomic E-state index is 12.0. The van der Waals surface area contributed by atoms with E-state index in [4.69, 9.17) is 11.6 Å². The van der Waals surface area contributed by atoms with Crippen LogP contribution in [-0.2, 0) is 0 Å². The summed E-state index contributed by atoms with van der Waals surface area (Å²) in [6.45, 7) is 6.20. The molecule has 4 nitrogen and oxygen atoms in total. The second-order valence-corrected chi connectivity index (χ2v) is 5.35. The third-order valence-electron chi connectivity index (χ3n) is 3.52. The van der Waals surface area contributed by atoms with E-state index in [9.17, 15) is 4.79 Å². The Morgan fingerprint density at radius 1 is 1.13 bits per heavy atom. The van der Waals surface area contributed by atoms with Gasteiger partial charge in [0.2, 0.25) is 0 Å². The number of hydrazone groups is 1. The summed E-state index contributed by atoms with van der Waals surface area (Å²) in [6.07, 6.45) is 1.61. The molecule has 120 valence electrons. The maximum Gasteiger partial charge on any atom is 0.272 e. The highest BCUT2D eigenvalue weighted by Crippen LogP contribution is 2.15. The Balaban J connectivity index is 1.98. The number of hydrogen-bond acceptors (Lipinski definition) is 3. The lowest BCUT2D eigenvalue weighted by Gasteiger charge is -2.20. The van der Waals surface area contributed by atoms with Crippen molar-refractivity contribution in [1.82, 2.24) is 5.43 Å². The molecule has 0 aliphatic rings. The van der Waals surface area contributed by atoms with Gasteiger partial charge in [-0.15, -0.1) is 0 Å². The van der Waals surface area contributed by atoms with Crippen LogP contribution in [0.15, 0.2) is 53.6 Å². The van der Waals surface area contributed by atoms with Crippen molar-refractivity contribution in [3.63, 3.8) is 0 Å². The van der Waals surface area contributed by atoms with E-state index in [-0.39, 0.29) is 5.91 Å². The highest BCUT2D eigenvalue weighted by molar-refractivity contribution is 6.33. The van der Waals surface area contributed by atoms with Gasteiger partial charge < -0.3 is 4.90 Å². The van der Waals surface area contributed by atoms with Gasteiger partial charge in [0.25, 0.3) is 5.91 Å². The Morgan fingerprint density at radius 2 is 1.78 bits per heavy atom. The summed E-state index contributed by atoms with van der Waals surface area (Å²) in [5.74, 6) is -0.327. The summed E-state index contributed by atoms with van der Waals surface area (Å²) in [6, 6.07) is 14.9. The summed E-state index contributed by atoms with van der Waals surface area (Å²) < 4.78 is 0. The minimum atomic E-state index is -0.327. The average molecular weight is 330 g/mol. The maximum absolute atomic E-state index is 12.0. The van der Waals surface area contributed by atoms with Gasteiger partial charge in [0.1, 0.15) is 0 Å². The number of carbonyl (C=O) groups is 1. The lowest BCUT2D eigenvalue weighted by Crippen LogP contribution is -2.21. The first-order valence-electron chi connectivity index (χ1n) is 7.58. The average Bonchev–Trinajstić information content (AvgIpc) is 2.57. The van der Waals surface area contributed by atoms with Crippen molar-refractivity contribution in [2.24, 2.45) is 5.10 Å². The standard InChI is InChI=1S/C18H20ClN3O/c1-3-22(4-2)15-11-9-14(10-12-15)13-20-21-18(23)16-7-5-6-8-17(16)19/h5-13H,3-4H2,1-2H3,(H,21,23). The normalized spacial score (nSPS) is 10.7. The summed E-state index contributed by atoms with van der Waals surface area (Å²) >= 11 is 5.97. The number of amides is 1. The molecule has 0 aliphatic carbocycles. The number of hydrogen-bond donors (Lipinski definition) is 1. The molecule has 2 aromatic rings. The first-order valence-corrected chi connectivity index (χ1v) is 7.96. The molecule has 1 N–H and O–H groups in total. The van der Waals surface area contributed by atoms with Crippen molar-refractivity contribution in [3.05, 3.63) is 64.7 Å². The van der Waals surface area contributed by atoms with E-state index in [1.54, 1.807) is 30.5 Å². The van der Waals surface area contributed by atoms with E-state index in [0.717, 1.165) is 18.7 Å². The number of nitrogens with zero attached hydrogens (tertiary/aromatic N) is 2. The second kappa shape index (κ2) is 8.34. The Morgan fingerprint density at radius 3 is 2.39 bits per heavy atom. The minimum Gasteiger partial charge on any atom is -0.372 e. The zero-order chi connectivity index (χ0) is 16.7. The molecular weight excluding hydrogens is 310 g/mol. The van der Waals surface area contributed by atoms with Gasteiger partial charge in [-0.3, -0.25) is 4.79 Å². The monoisotopic (exact) mass is 329 g/mol. The first-order chi connectivity index (χ1) is 11.2. The number of halogens is 1. The third-order valence-corrected chi connectivity index (χ3v) is 3.85. The Bertz CT molecular complexity index is 679. The van der Waals surface area contributed by atoms with E-state index in [0.29, 0.717) is 10.6 Å². The van der Waals surface area contributed by atoms with Crippen LogP contribution in [0.4, 0.5) is 5.69 Å². The fourth-order valence-electron chi connectivity index (χ4n) is 2.23. The van der Waals surface area contributed by atoms with Crippen molar-refractivity contribution >= 4 is 29.4 Å². The number of anilines is 1. The van der Waals surface area contributed by atoms with Gasteiger partial charge in [0.15, 0.2) is 0 Å². The van der Waals surface area contributed by atoms with Crippen molar-refractivity contribution < 1.29 is 4.79 Å². The highest BCUT2D eigenvalue weighted by atomic mass is 35.5. The molecule has 1 amide bonds. The fraction of sp³-hybridized carbons (Fsp3) is 0.222. The first kappa shape index (κ1) is 17.0. The largest absolute Gasteiger partial charge is 0.372 e. The molecule has 0 radical (unpaired) electrons. The topological polar surface area (TPSA) is 44.7 Å². The summed E-state index contributed by atoms with van der Waals surface area (Å²) in [5, 5.41) is 4.38. The van der Waals surface area contributed by atoms with Crippen LogP contribution < -0.4 is 10.3 Å². The van der Waals surface area contributed by atoms with Crippen LogP contribution in [0.25, 0.3) is 0 Å². The molecule has 0 spiro atoms. The molecule has 2 rings (SSSR count). The highest BCUT2D eigenvalue weighted by Gasteiger charge is 2.07. The number of benzene rings is 2. The molecule has 23 heavy (non-hydrogen) atoms. The van der Waals surface area contributed by atoms with Crippen LogP contribution in [0, 0.1) is 0 Å².